The van der Waals surface area contributed by atoms with Crippen molar-refractivity contribution in [3.63, 3.8) is 0 Å². The number of hydrogen-bond acceptors (Lipinski definition) is 5. The van der Waals surface area contributed by atoms with Crippen LogP contribution < -0.4 is 0 Å². The third kappa shape index (κ3) is 3.98. The van der Waals surface area contributed by atoms with Gasteiger partial charge in [-0.3, -0.25) is 9.69 Å². The van der Waals surface area contributed by atoms with Crippen molar-refractivity contribution in [1.82, 2.24) is 4.90 Å². The number of esters is 1. The lowest BCUT2D eigenvalue weighted by atomic mass is 9.80. The Labute approximate surface area is 149 Å². The number of allylic oxidation sites excluding steroid dienone is 3. The van der Waals surface area contributed by atoms with Crippen LogP contribution in [0.2, 0.25) is 0 Å². The molecule has 2 heterocycles. The molecule has 0 bridgehead atoms. The molecule has 3 aliphatic rings. The lowest BCUT2D eigenvalue weighted by Gasteiger charge is -2.43. The van der Waals surface area contributed by atoms with Crippen LogP contribution in [0, 0.1) is 5.41 Å². The summed E-state index contributed by atoms with van der Waals surface area (Å²) in [5.74, 6) is 0.669. The summed E-state index contributed by atoms with van der Waals surface area (Å²) in [5.41, 5.74) is 0.810. The molecule has 5 nitrogen and oxygen atoms in total. The zero-order chi connectivity index (χ0) is 17.7. The SMILES string of the molecule is CCOC(=O)C1(C)CCCN(C(C2=CC=CCC2)C2=COC=CO2)C1. The third-order valence-electron chi connectivity index (χ3n) is 5.05. The number of rotatable bonds is 5. The number of likely N-dealkylation sites (tertiary alicyclic amines) is 1. The molecule has 136 valence electrons. The van der Waals surface area contributed by atoms with Crippen LogP contribution in [-0.2, 0) is 19.0 Å². The third-order valence-corrected chi connectivity index (χ3v) is 5.05. The van der Waals surface area contributed by atoms with Gasteiger partial charge in [0.2, 0.25) is 0 Å². The van der Waals surface area contributed by atoms with Crippen LogP contribution in [0.3, 0.4) is 0 Å². The lowest BCUT2D eigenvalue weighted by Crippen LogP contribution is -2.51. The highest BCUT2D eigenvalue weighted by Gasteiger charge is 2.42. The van der Waals surface area contributed by atoms with Crippen molar-refractivity contribution < 1.29 is 19.0 Å². The van der Waals surface area contributed by atoms with Crippen molar-refractivity contribution in [2.24, 2.45) is 5.41 Å². The van der Waals surface area contributed by atoms with E-state index in [0.29, 0.717) is 13.2 Å². The van der Waals surface area contributed by atoms with Crippen LogP contribution in [0.1, 0.15) is 39.5 Å². The van der Waals surface area contributed by atoms with Gasteiger partial charge in [-0.15, -0.1) is 0 Å². The second-order valence-corrected chi connectivity index (χ2v) is 7.01. The van der Waals surface area contributed by atoms with Crippen LogP contribution >= 0.6 is 0 Å². The zero-order valence-electron chi connectivity index (χ0n) is 15.1. The van der Waals surface area contributed by atoms with Crippen LogP contribution in [0.15, 0.2) is 48.3 Å². The summed E-state index contributed by atoms with van der Waals surface area (Å²) >= 11 is 0. The number of ether oxygens (including phenoxy) is 3. The standard InChI is InChI=1S/C20H27NO4/c1-3-24-19(22)20(2)10-7-11-21(15-20)18(16-8-5-4-6-9-16)17-14-23-12-13-25-17/h4-5,8,12-14,18H,3,6-7,9-11,15H2,1-2H3. The molecule has 1 fully saturated rings. The lowest BCUT2D eigenvalue weighted by molar-refractivity contribution is -0.158. The molecule has 3 rings (SSSR count). The largest absolute Gasteiger partial charge is 0.466 e. The Bertz CT molecular complexity index is 619. The van der Waals surface area contributed by atoms with Crippen molar-refractivity contribution in [2.45, 2.75) is 45.6 Å². The van der Waals surface area contributed by atoms with Gasteiger partial charge in [0.25, 0.3) is 0 Å². The number of hydrogen-bond donors (Lipinski definition) is 0. The second-order valence-electron chi connectivity index (χ2n) is 7.01. The second kappa shape index (κ2) is 7.91. The molecule has 1 saturated heterocycles. The van der Waals surface area contributed by atoms with Gasteiger partial charge in [0.05, 0.1) is 18.1 Å². The van der Waals surface area contributed by atoms with E-state index in [1.165, 1.54) is 11.8 Å². The summed E-state index contributed by atoms with van der Waals surface area (Å²) in [7, 11) is 0. The van der Waals surface area contributed by atoms with Gasteiger partial charge >= 0.3 is 5.97 Å². The van der Waals surface area contributed by atoms with Crippen LogP contribution in [0.25, 0.3) is 0 Å². The number of carbonyl (C=O) groups excluding carboxylic acids is 1. The molecule has 0 saturated carbocycles. The van der Waals surface area contributed by atoms with E-state index in [-0.39, 0.29) is 12.0 Å². The van der Waals surface area contributed by atoms with Gasteiger partial charge in [-0.1, -0.05) is 18.2 Å². The van der Waals surface area contributed by atoms with E-state index in [2.05, 4.69) is 23.1 Å². The Kier molecular flexibility index (Phi) is 5.63. The molecule has 2 atom stereocenters. The van der Waals surface area contributed by atoms with Gasteiger partial charge in [-0.2, -0.15) is 0 Å². The first kappa shape index (κ1) is 17.8. The summed E-state index contributed by atoms with van der Waals surface area (Å²) in [4.78, 5) is 14.8. The van der Waals surface area contributed by atoms with Gasteiger partial charge in [0.15, 0.2) is 5.76 Å². The fourth-order valence-electron chi connectivity index (χ4n) is 3.82. The normalized spacial score (nSPS) is 27.6. The molecule has 2 aliphatic heterocycles. The van der Waals surface area contributed by atoms with E-state index in [1.807, 2.05) is 13.8 Å². The minimum absolute atomic E-state index is 0.0102. The summed E-state index contributed by atoms with van der Waals surface area (Å²) in [6.45, 7) is 5.86. The number of carbonyl (C=O) groups is 1. The number of nitrogens with zero attached hydrogens (tertiary/aromatic N) is 1. The van der Waals surface area contributed by atoms with Crippen LogP contribution in [-0.4, -0.2) is 36.6 Å². The van der Waals surface area contributed by atoms with Gasteiger partial charge in [0, 0.05) is 6.54 Å². The summed E-state index contributed by atoms with van der Waals surface area (Å²) in [5, 5.41) is 0. The monoisotopic (exact) mass is 345 g/mol. The van der Waals surface area contributed by atoms with Gasteiger partial charge < -0.3 is 14.2 Å². The molecule has 0 radical (unpaired) electrons. The van der Waals surface area contributed by atoms with E-state index in [1.54, 1.807) is 12.5 Å². The minimum atomic E-state index is -0.483. The van der Waals surface area contributed by atoms with E-state index in [4.69, 9.17) is 14.2 Å². The van der Waals surface area contributed by atoms with Crippen molar-refractivity contribution in [1.29, 1.82) is 0 Å². The van der Waals surface area contributed by atoms with E-state index < -0.39 is 5.41 Å². The van der Waals surface area contributed by atoms with Crippen molar-refractivity contribution in [3.8, 4) is 0 Å². The van der Waals surface area contributed by atoms with Crippen molar-refractivity contribution in [2.75, 3.05) is 19.7 Å². The quantitative estimate of drug-likeness (QED) is 0.712. The Balaban J connectivity index is 1.85. The molecule has 5 heteroatoms. The van der Waals surface area contributed by atoms with Crippen molar-refractivity contribution in [3.05, 3.63) is 48.3 Å². The average Bonchev–Trinajstić information content (AvgIpc) is 2.64. The summed E-state index contributed by atoms with van der Waals surface area (Å²) in [6, 6.07) is -0.0102. The van der Waals surface area contributed by atoms with Gasteiger partial charge in [-0.25, -0.2) is 0 Å². The molecule has 25 heavy (non-hydrogen) atoms. The predicted octanol–water partition coefficient (Wildman–Crippen LogP) is 3.66. The molecular formula is C20H27NO4. The maximum absolute atomic E-state index is 12.5. The highest BCUT2D eigenvalue weighted by molar-refractivity contribution is 5.76. The van der Waals surface area contributed by atoms with Gasteiger partial charge in [0.1, 0.15) is 18.8 Å². The maximum Gasteiger partial charge on any atom is 0.313 e. The molecule has 0 spiro atoms. The molecule has 0 aromatic rings. The first-order valence-corrected chi connectivity index (χ1v) is 9.08. The number of piperidine rings is 1. The molecule has 0 N–H and O–H groups in total. The smallest absolute Gasteiger partial charge is 0.313 e. The Morgan fingerprint density at radius 3 is 3.00 bits per heavy atom. The Hall–Kier alpha value is -2.01. The zero-order valence-corrected chi connectivity index (χ0v) is 15.1. The highest BCUT2D eigenvalue weighted by atomic mass is 16.5. The summed E-state index contributed by atoms with van der Waals surface area (Å²) < 4.78 is 16.4. The molecule has 0 aromatic carbocycles. The first-order chi connectivity index (χ1) is 12.1. The van der Waals surface area contributed by atoms with Crippen molar-refractivity contribution >= 4 is 5.97 Å². The maximum atomic E-state index is 12.5. The Morgan fingerprint density at radius 2 is 2.32 bits per heavy atom. The van der Waals surface area contributed by atoms with Gasteiger partial charge in [-0.05, 0) is 51.6 Å². The molecular weight excluding hydrogens is 318 g/mol. The molecule has 1 aliphatic carbocycles. The van der Waals surface area contributed by atoms with E-state index in [9.17, 15) is 4.79 Å². The average molecular weight is 345 g/mol. The highest BCUT2D eigenvalue weighted by Crippen LogP contribution is 2.36. The molecule has 2 unspecified atom stereocenters. The van der Waals surface area contributed by atoms with Crippen LogP contribution in [0.4, 0.5) is 0 Å². The molecule has 0 amide bonds. The first-order valence-electron chi connectivity index (χ1n) is 9.08. The Morgan fingerprint density at radius 1 is 1.44 bits per heavy atom. The predicted molar refractivity (Wildman–Crippen MR) is 95.2 cm³/mol. The van der Waals surface area contributed by atoms with Crippen LogP contribution in [0.5, 0.6) is 0 Å². The van der Waals surface area contributed by atoms with E-state index in [0.717, 1.165) is 38.0 Å². The van der Waals surface area contributed by atoms with E-state index >= 15 is 0 Å². The molecule has 0 aromatic heterocycles. The minimum Gasteiger partial charge on any atom is -0.466 e. The fourth-order valence-corrected chi connectivity index (χ4v) is 3.82. The topological polar surface area (TPSA) is 48.0 Å². The summed E-state index contributed by atoms with van der Waals surface area (Å²) in [6.07, 6.45) is 15.0. The fraction of sp³-hybridized carbons (Fsp3) is 0.550.